The van der Waals surface area contributed by atoms with Gasteiger partial charge < -0.3 is 19.3 Å². The molecule has 37 heavy (non-hydrogen) atoms. The lowest BCUT2D eigenvalue weighted by Gasteiger charge is -2.41. The van der Waals surface area contributed by atoms with Crippen molar-refractivity contribution >= 4 is 50.3 Å². The second kappa shape index (κ2) is 9.51. The van der Waals surface area contributed by atoms with Crippen LogP contribution in [0.3, 0.4) is 0 Å². The zero-order chi connectivity index (χ0) is 26.6. The molecule has 0 radical (unpaired) electrons. The molecule has 0 N–H and O–H groups in total. The molecule has 2 aromatic carbocycles. The first-order valence-electron chi connectivity index (χ1n) is 12.4. The van der Waals surface area contributed by atoms with Crippen LogP contribution in [0.4, 0.5) is 10.6 Å². The fourth-order valence-electron chi connectivity index (χ4n) is 4.99. The average molecular weight is 590 g/mol. The minimum atomic E-state index is -0.589. The zero-order valence-corrected chi connectivity index (χ0v) is 23.9. The normalized spacial score (nSPS) is 17.5. The molecular formula is C27H30BrClN4O4. The number of rotatable bonds is 2. The predicted octanol–water partition coefficient (Wildman–Crippen LogP) is 5.74. The first kappa shape index (κ1) is 25.9. The van der Waals surface area contributed by atoms with Gasteiger partial charge >= 0.3 is 11.8 Å². The summed E-state index contributed by atoms with van der Waals surface area (Å²) < 4.78 is 14.2. The number of piperazine rings is 1. The minimum Gasteiger partial charge on any atom is -0.489 e. The maximum absolute atomic E-state index is 13.7. The SMILES string of the molecule is CC(C)c1ccccc1-n1c(=O)nc2c3c(c(Cl)c(Br)cc31)OCC1CN(C(=O)OC(C)(C)C)CCN21. The van der Waals surface area contributed by atoms with E-state index in [0.717, 1.165) is 11.3 Å². The Bertz CT molecular complexity index is 1450. The maximum Gasteiger partial charge on any atom is 0.410 e. The number of amides is 1. The summed E-state index contributed by atoms with van der Waals surface area (Å²) in [5.74, 6) is 1.20. The molecule has 2 aliphatic heterocycles. The Kier molecular flexibility index (Phi) is 6.64. The summed E-state index contributed by atoms with van der Waals surface area (Å²) in [6.45, 7) is 11.3. The average Bonchev–Trinajstić information content (AvgIpc) is 2.98. The second-order valence-electron chi connectivity index (χ2n) is 10.7. The maximum atomic E-state index is 13.7. The molecule has 1 saturated heterocycles. The van der Waals surface area contributed by atoms with Crippen LogP contribution in [0.15, 0.2) is 39.6 Å². The molecule has 1 amide bonds. The van der Waals surface area contributed by atoms with Crippen LogP contribution in [-0.2, 0) is 4.74 Å². The van der Waals surface area contributed by atoms with E-state index in [1.807, 2.05) is 51.1 Å². The molecule has 0 saturated carbocycles. The molecule has 1 unspecified atom stereocenters. The van der Waals surface area contributed by atoms with Crippen molar-refractivity contribution in [1.29, 1.82) is 0 Å². The van der Waals surface area contributed by atoms with Crippen LogP contribution in [0.1, 0.15) is 46.1 Å². The highest BCUT2D eigenvalue weighted by atomic mass is 79.9. The lowest BCUT2D eigenvalue weighted by Crippen LogP contribution is -2.57. The van der Waals surface area contributed by atoms with E-state index in [2.05, 4.69) is 39.7 Å². The molecule has 0 aliphatic carbocycles. The van der Waals surface area contributed by atoms with Crippen LogP contribution in [0.5, 0.6) is 5.75 Å². The van der Waals surface area contributed by atoms with Crippen molar-refractivity contribution in [2.24, 2.45) is 0 Å². The highest BCUT2D eigenvalue weighted by Gasteiger charge is 2.37. The van der Waals surface area contributed by atoms with Crippen LogP contribution in [0.25, 0.3) is 16.6 Å². The molecule has 3 heterocycles. The van der Waals surface area contributed by atoms with Crippen LogP contribution in [0.2, 0.25) is 5.02 Å². The molecule has 0 bridgehead atoms. The van der Waals surface area contributed by atoms with Crippen molar-refractivity contribution in [3.8, 4) is 11.4 Å². The monoisotopic (exact) mass is 588 g/mol. The largest absolute Gasteiger partial charge is 0.489 e. The number of carbonyl (C=O) groups excluding carboxylic acids is 1. The standard InChI is InChI=1S/C27H30BrClN4O4/c1-15(2)17-8-6-7-9-19(17)33-20-12-18(28)22(29)23-21(20)24(30-25(33)34)32-11-10-31(13-16(32)14-36-23)26(35)37-27(3,4)5/h6-9,12,15-16H,10-11,13-14H2,1-5H3. The Morgan fingerprint density at radius 2 is 1.97 bits per heavy atom. The molecule has 1 fully saturated rings. The topological polar surface area (TPSA) is 76.9 Å². The summed E-state index contributed by atoms with van der Waals surface area (Å²) in [4.78, 5) is 34.8. The minimum absolute atomic E-state index is 0.199. The van der Waals surface area contributed by atoms with E-state index in [9.17, 15) is 9.59 Å². The molecule has 8 nitrogen and oxygen atoms in total. The quantitative estimate of drug-likeness (QED) is 0.379. The Morgan fingerprint density at radius 1 is 1.24 bits per heavy atom. The summed E-state index contributed by atoms with van der Waals surface area (Å²) in [7, 11) is 0. The number of fused-ring (bicyclic) bond motifs is 2. The van der Waals surface area contributed by atoms with Gasteiger partial charge in [0.15, 0.2) is 5.75 Å². The molecule has 2 aliphatic rings. The van der Waals surface area contributed by atoms with Gasteiger partial charge in [0.1, 0.15) is 18.0 Å². The number of anilines is 1. The summed E-state index contributed by atoms with van der Waals surface area (Å²) in [6.07, 6.45) is -0.367. The molecule has 5 rings (SSSR count). The number of para-hydroxylation sites is 1. The van der Waals surface area contributed by atoms with E-state index >= 15 is 0 Å². The molecule has 1 atom stereocenters. The number of aromatic nitrogens is 2. The Morgan fingerprint density at radius 3 is 2.68 bits per heavy atom. The van der Waals surface area contributed by atoms with E-state index in [-0.39, 0.29) is 30.3 Å². The fourth-order valence-corrected chi connectivity index (χ4v) is 5.59. The smallest absolute Gasteiger partial charge is 0.410 e. The zero-order valence-electron chi connectivity index (χ0n) is 21.5. The van der Waals surface area contributed by atoms with Gasteiger partial charge in [-0.1, -0.05) is 43.6 Å². The van der Waals surface area contributed by atoms with E-state index in [1.165, 1.54) is 0 Å². The highest BCUT2D eigenvalue weighted by molar-refractivity contribution is 9.10. The molecule has 0 spiro atoms. The van der Waals surface area contributed by atoms with Crippen LogP contribution >= 0.6 is 27.5 Å². The Labute approximate surface area is 229 Å². The van der Waals surface area contributed by atoms with Crippen molar-refractivity contribution in [2.45, 2.75) is 52.2 Å². The third kappa shape index (κ3) is 4.68. The third-order valence-corrected chi connectivity index (χ3v) is 7.87. The molecule has 196 valence electrons. The molecule has 3 aromatic rings. The number of nitrogens with zero attached hydrogens (tertiary/aromatic N) is 4. The van der Waals surface area contributed by atoms with Crippen molar-refractivity contribution in [3.63, 3.8) is 0 Å². The number of ether oxygens (including phenoxy) is 2. The van der Waals surface area contributed by atoms with Gasteiger partial charge in [-0.05, 0) is 60.3 Å². The van der Waals surface area contributed by atoms with Gasteiger partial charge in [0.25, 0.3) is 0 Å². The Hall–Kier alpha value is -2.78. The summed E-state index contributed by atoms with van der Waals surface area (Å²) in [5.41, 5.74) is 1.50. The van der Waals surface area contributed by atoms with Gasteiger partial charge in [0, 0.05) is 24.1 Å². The van der Waals surface area contributed by atoms with E-state index in [4.69, 9.17) is 21.1 Å². The number of benzene rings is 2. The first-order valence-corrected chi connectivity index (χ1v) is 13.5. The highest BCUT2D eigenvalue weighted by Crippen LogP contribution is 2.45. The predicted molar refractivity (Wildman–Crippen MR) is 149 cm³/mol. The van der Waals surface area contributed by atoms with Gasteiger partial charge in [-0.15, -0.1) is 0 Å². The summed E-state index contributed by atoms with van der Waals surface area (Å²) >= 11 is 10.3. The van der Waals surface area contributed by atoms with E-state index in [0.29, 0.717) is 51.6 Å². The number of carbonyl (C=O) groups is 1. The first-order chi connectivity index (χ1) is 17.5. The van der Waals surface area contributed by atoms with Crippen molar-refractivity contribution in [1.82, 2.24) is 14.5 Å². The fraction of sp³-hybridized carbons (Fsp3) is 0.444. The second-order valence-corrected chi connectivity index (χ2v) is 12.0. The van der Waals surface area contributed by atoms with Gasteiger partial charge in [-0.3, -0.25) is 4.57 Å². The number of hydrogen-bond acceptors (Lipinski definition) is 6. The number of halogens is 2. The summed E-state index contributed by atoms with van der Waals surface area (Å²) in [6, 6.07) is 9.47. The van der Waals surface area contributed by atoms with Crippen molar-refractivity contribution < 1.29 is 14.3 Å². The van der Waals surface area contributed by atoms with Gasteiger partial charge in [-0.25, -0.2) is 9.59 Å². The Balaban J connectivity index is 1.66. The molecule has 10 heteroatoms. The van der Waals surface area contributed by atoms with Crippen molar-refractivity contribution in [3.05, 3.63) is 55.9 Å². The lowest BCUT2D eigenvalue weighted by atomic mass is 10.0. The van der Waals surface area contributed by atoms with E-state index < -0.39 is 5.60 Å². The van der Waals surface area contributed by atoms with Gasteiger partial charge in [0.2, 0.25) is 0 Å². The number of hydrogen-bond donors (Lipinski definition) is 0. The van der Waals surface area contributed by atoms with Crippen LogP contribution in [-0.4, -0.2) is 58.4 Å². The summed E-state index contributed by atoms with van der Waals surface area (Å²) in [5, 5.41) is 1.10. The van der Waals surface area contributed by atoms with Gasteiger partial charge in [-0.2, -0.15) is 4.98 Å². The van der Waals surface area contributed by atoms with Crippen LogP contribution in [0, 0.1) is 0 Å². The van der Waals surface area contributed by atoms with E-state index in [1.54, 1.807) is 9.47 Å². The molecule has 1 aromatic heterocycles. The van der Waals surface area contributed by atoms with Crippen LogP contribution < -0.4 is 15.3 Å². The van der Waals surface area contributed by atoms with Crippen molar-refractivity contribution in [2.75, 3.05) is 31.1 Å². The van der Waals surface area contributed by atoms with Gasteiger partial charge in [0.05, 0.1) is 27.7 Å². The third-order valence-electron chi connectivity index (χ3n) is 6.64. The lowest BCUT2D eigenvalue weighted by molar-refractivity contribution is 0.0202. The molecular weight excluding hydrogens is 560 g/mol.